The Labute approximate surface area is 126 Å². The van der Waals surface area contributed by atoms with Gasteiger partial charge in [-0.15, -0.1) is 0 Å². The molecule has 0 atom stereocenters. The number of nitrogens with one attached hydrogen (secondary N) is 1. The average Bonchev–Trinajstić information content (AvgIpc) is 2.65. The van der Waals surface area contributed by atoms with Crippen LogP contribution in [-0.4, -0.2) is 41.9 Å². The molecule has 0 aliphatic carbocycles. The van der Waals surface area contributed by atoms with Crippen LogP contribution in [0.15, 0.2) is 17.9 Å². The van der Waals surface area contributed by atoms with Crippen molar-refractivity contribution in [3.05, 3.63) is 23.4 Å². The van der Waals surface area contributed by atoms with Gasteiger partial charge < -0.3 is 20.4 Å². The van der Waals surface area contributed by atoms with E-state index in [2.05, 4.69) is 15.3 Å². The van der Waals surface area contributed by atoms with E-state index in [-0.39, 0.29) is 11.2 Å². The van der Waals surface area contributed by atoms with Gasteiger partial charge in [0.25, 0.3) is 0 Å². The van der Waals surface area contributed by atoms with E-state index in [1.54, 1.807) is 19.4 Å². The molecule has 1 saturated heterocycles. The first-order chi connectivity index (χ1) is 9.79. The number of nitrogens with two attached hydrogens (primary N) is 1. The molecule has 0 unspecified atom stereocenters. The molecule has 6 nitrogen and oxygen atoms in total. The molecule has 1 aromatic heterocycles. The van der Waals surface area contributed by atoms with Crippen molar-refractivity contribution in [2.24, 2.45) is 5.73 Å². The number of hydrogen-bond donors (Lipinski definition) is 2. The minimum absolute atomic E-state index is 0.352. The molecule has 0 bridgehead atoms. The summed E-state index contributed by atoms with van der Waals surface area (Å²) >= 11 is 0. The van der Waals surface area contributed by atoms with Gasteiger partial charge in [-0.2, -0.15) is 0 Å². The van der Waals surface area contributed by atoms with Crippen LogP contribution in [0.2, 0.25) is 0 Å². The Morgan fingerprint density at radius 3 is 2.19 bits per heavy atom. The standard InChI is InChI=1S/C14H23BN4O2/c1-13(2)14(3,4)21-15(20-13)11(7-16)6-10-8-18-12(17-5)19-9-10/h6,8-9H,7,16H2,1-5H3,(H,17,18,19). The van der Waals surface area contributed by atoms with E-state index in [4.69, 9.17) is 15.0 Å². The molecular formula is C14H23BN4O2. The maximum absolute atomic E-state index is 6.01. The van der Waals surface area contributed by atoms with Gasteiger partial charge in [0, 0.05) is 31.5 Å². The lowest BCUT2D eigenvalue weighted by Gasteiger charge is -2.32. The third kappa shape index (κ3) is 3.25. The largest absolute Gasteiger partial charge is 0.491 e. The summed E-state index contributed by atoms with van der Waals surface area (Å²) in [7, 11) is 1.34. The molecule has 2 rings (SSSR count). The molecule has 1 aliphatic heterocycles. The van der Waals surface area contributed by atoms with Gasteiger partial charge in [0.1, 0.15) is 0 Å². The molecule has 1 fully saturated rings. The van der Waals surface area contributed by atoms with Crippen LogP contribution in [0, 0.1) is 0 Å². The maximum Gasteiger partial charge on any atom is 0.491 e. The lowest BCUT2D eigenvalue weighted by Crippen LogP contribution is -2.41. The minimum atomic E-state index is -0.441. The summed E-state index contributed by atoms with van der Waals surface area (Å²) in [5.41, 5.74) is 6.83. The van der Waals surface area contributed by atoms with E-state index in [0.717, 1.165) is 11.0 Å². The molecule has 7 heteroatoms. The fourth-order valence-electron chi connectivity index (χ4n) is 1.97. The molecule has 1 aromatic rings. The van der Waals surface area contributed by atoms with Gasteiger partial charge >= 0.3 is 7.12 Å². The van der Waals surface area contributed by atoms with Crippen molar-refractivity contribution in [2.45, 2.75) is 38.9 Å². The molecule has 1 aliphatic rings. The second-order valence-electron chi connectivity index (χ2n) is 6.10. The molecule has 0 radical (unpaired) electrons. The summed E-state index contributed by atoms with van der Waals surface area (Å²) in [6.45, 7) is 8.43. The maximum atomic E-state index is 6.01. The summed E-state index contributed by atoms with van der Waals surface area (Å²) in [5.74, 6) is 0.581. The molecule has 114 valence electrons. The summed E-state index contributed by atoms with van der Waals surface area (Å²) in [6, 6.07) is 0. The first kappa shape index (κ1) is 15.9. The fourth-order valence-corrected chi connectivity index (χ4v) is 1.97. The topological polar surface area (TPSA) is 82.3 Å². The van der Waals surface area contributed by atoms with Crippen molar-refractivity contribution < 1.29 is 9.31 Å². The molecule has 0 amide bonds. The Morgan fingerprint density at radius 1 is 1.24 bits per heavy atom. The van der Waals surface area contributed by atoms with Crippen LogP contribution >= 0.6 is 0 Å². The minimum Gasteiger partial charge on any atom is -0.400 e. The molecular weight excluding hydrogens is 267 g/mol. The average molecular weight is 290 g/mol. The normalized spacial score (nSPS) is 20.7. The van der Waals surface area contributed by atoms with E-state index in [0.29, 0.717) is 12.5 Å². The van der Waals surface area contributed by atoms with Crippen LogP contribution in [-0.2, 0) is 9.31 Å². The van der Waals surface area contributed by atoms with Crippen molar-refractivity contribution >= 4 is 19.1 Å². The molecule has 2 heterocycles. The van der Waals surface area contributed by atoms with Gasteiger partial charge in [-0.05, 0) is 33.2 Å². The van der Waals surface area contributed by atoms with E-state index in [1.165, 1.54) is 0 Å². The zero-order valence-electron chi connectivity index (χ0n) is 13.3. The predicted molar refractivity (Wildman–Crippen MR) is 84.7 cm³/mol. The summed E-state index contributed by atoms with van der Waals surface area (Å²) in [4.78, 5) is 8.36. The first-order valence-corrected chi connectivity index (χ1v) is 7.05. The fraction of sp³-hybridized carbons (Fsp3) is 0.571. The van der Waals surface area contributed by atoms with Crippen molar-refractivity contribution in [3.63, 3.8) is 0 Å². The third-order valence-corrected chi connectivity index (χ3v) is 4.04. The van der Waals surface area contributed by atoms with E-state index < -0.39 is 7.12 Å². The highest BCUT2D eigenvalue weighted by molar-refractivity contribution is 6.55. The second-order valence-corrected chi connectivity index (χ2v) is 6.10. The molecule has 0 aromatic carbocycles. The highest BCUT2D eigenvalue weighted by Crippen LogP contribution is 2.38. The van der Waals surface area contributed by atoms with Gasteiger partial charge in [-0.1, -0.05) is 6.08 Å². The van der Waals surface area contributed by atoms with Crippen molar-refractivity contribution in [2.75, 3.05) is 18.9 Å². The zero-order chi connectivity index (χ0) is 15.7. The van der Waals surface area contributed by atoms with E-state index >= 15 is 0 Å². The molecule has 3 N–H and O–H groups in total. The van der Waals surface area contributed by atoms with Gasteiger partial charge in [-0.25, -0.2) is 9.97 Å². The number of aromatic nitrogens is 2. The van der Waals surface area contributed by atoms with Crippen LogP contribution in [0.4, 0.5) is 5.95 Å². The van der Waals surface area contributed by atoms with Crippen molar-refractivity contribution in [1.82, 2.24) is 9.97 Å². The summed E-state index contributed by atoms with van der Waals surface area (Å²) < 4.78 is 12.0. The lowest BCUT2D eigenvalue weighted by atomic mass is 9.77. The Morgan fingerprint density at radius 2 is 1.76 bits per heavy atom. The SMILES string of the molecule is CNc1ncc(C=C(CN)B2OC(C)(C)C(C)(C)O2)cn1. The Balaban J connectivity index is 2.22. The van der Waals surface area contributed by atoms with Gasteiger partial charge in [-0.3, -0.25) is 0 Å². The Kier molecular flexibility index (Phi) is 4.36. The van der Waals surface area contributed by atoms with Gasteiger partial charge in [0.05, 0.1) is 11.2 Å². The van der Waals surface area contributed by atoms with Gasteiger partial charge in [0.2, 0.25) is 5.95 Å². The number of nitrogens with zero attached hydrogens (tertiary/aromatic N) is 2. The molecule has 0 spiro atoms. The highest BCUT2D eigenvalue weighted by atomic mass is 16.7. The number of rotatable bonds is 4. The molecule has 21 heavy (non-hydrogen) atoms. The number of hydrogen-bond acceptors (Lipinski definition) is 6. The predicted octanol–water partition coefficient (Wildman–Crippen LogP) is 1.49. The summed E-state index contributed by atoms with van der Waals surface area (Å²) in [5, 5.41) is 2.88. The summed E-state index contributed by atoms with van der Waals surface area (Å²) in [6.07, 6.45) is 5.39. The van der Waals surface area contributed by atoms with Crippen LogP contribution in [0.5, 0.6) is 0 Å². The smallest absolute Gasteiger partial charge is 0.400 e. The highest BCUT2D eigenvalue weighted by Gasteiger charge is 2.52. The lowest BCUT2D eigenvalue weighted by molar-refractivity contribution is 0.00578. The van der Waals surface area contributed by atoms with Crippen LogP contribution < -0.4 is 11.1 Å². The van der Waals surface area contributed by atoms with Crippen LogP contribution in [0.1, 0.15) is 33.3 Å². The van der Waals surface area contributed by atoms with Crippen LogP contribution in [0.25, 0.3) is 6.08 Å². The Hall–Kier alpha value is -1.44. The van der Waals surface area contributed by atoms with Crippen molar-refractivity contribution in [3.8, 4) is 0 Å². The van der Waals surface area contributed by atoms with Gasteiger partial charge in [0.15, 0.2) is 0 Å². The van der Waals surface area contributed by atoms with E-state index in [1.807, 2.05) is 33.8 Å². The van der Waals surface area contributed by atoms with Crippen LogP contribution in [0.3, 0.4) is 0 Å². The zero-order valence-corrected chi connectivity index (χ0v) is 13.3. The van der Waals surface area contributed by atoms with Crippen molar-refractivity contribution in [1.29, 1.82) is 0 Å². The Bertz CT molecular complexity index is 512. The monoisotopic (exact) mass is 290 g/mol. The van der Waals surface area contributed by atoms with E-state index in [9.17, 15) is 0 Å². The quantitative estimate of drug-likeness (QED) is 0.818. The third-order valence-electron chi connectivity index (χ3n) is 4.04. The number of anilines is 1. The second kappa shape index (κ2) is 5.75. The first-order valence-electron chi connectivity index (χ1n) is 7.05. The molecule has 0 saturated carbocycles.